The van der Waals surface area contributed by atoms with Crippen LogP contribution in [0.2, 0.25) is 0 Å². The molecule has 198 valence electrons. The molecule has 6 nitrogen and oxygen atoms in total. The second kappa shape index (κ2) is 8.24. The van der Waals surface area contributed by atoms with E-state index in [4.69, 9.17) is 4.74 Å². The van der Waals surface area contributed by atoms with Gasteiger partial charge in [-0.1, -0.05) is 18.1 Å². The van der Waals surface area contributed by atoms with Crippen LogP contribution in [0, 0.1) is 31.6 Å². The molecular formula is C32H36N2O4. The van der Waals surface area contributed by atoms with Crippen LogP contribution in [-0.2, 0) is 16.6 Å². The Morgan fingerprint density at radius 1 is 1.16 bits per heavy atom. The van der Waals surface area contributed by atoms with Crippen LogP contribution in [0.5, 0.6) is 11.5 Å². The number of hydrogen-bond donors (Lipinski definition) is 2. The monoisotopic (exact) mass is 512 g/mol. The van der Waals surface area contributed by atoms with Gasteiger partial charge in [-0.25, -0.2) is 0 Å². The molecule has 5 atom stereocenters. The molecule has 1 spiro atoms. The fourth-order valence-corrected chi connectivity index (χ4v) is 8.04. The predicted molar refractivity (Wildman–Crippen MR) is 144 cm³/mol. The van der Waals surface area contributed by atoms with Crippen molar-refractivity contribution in [3.8, 4) is 23.3 Å². The van der Waals surface area contributed by atoms with Gasteiger partial charge in [0.15, 0.2) is 11.5 Å². The fourth-order valence-electron chi connectivity index (χ4n) is 8.04. The van der Waals surface area contributed by atoms with Gasteiger partial charge in [0.25, 0.3) is 5.91 Å². The molecular weight excluding hydrogens is 476 g/mol. The van der Waals surface area contributed by atoms with Crippen molar-refractivity contribution in [1.82, 2.24) is 9.80 Å². The van der Waals surface area contributed by atoms with Crippen LogP contribution in [-0.4, -0.2) is 69.8 Å². The number of ether oxygens (including phenoxy) is 1. The lowest BCUT2D eigenvalue weighted by Gasteiger charge is -2.64. The number of carbonyl (C=O) groups excluding carboxylic acids is 1. The molecule has 2 heterocycles. The number of hydrogen-bond acceptors (Lipinski definition) is 5. The number of phenolic OH excluding ortho intramolecular Hbond substituents is 1. The number of rotatable bonds is 3. The maximum Gasteiger partial charge on any atom is 0.298 e. The molecule has 3 fully saturated rings. The predicted octanol–water partition coefficient (Wildman–Crippen LogP) is 3.45. The van der Waals surface area contributed by atoms with Crippen LogP contribution in [0.25, 0.3) is 0 Å². The Balaban J connectivity index is 1.25. The van der Waals surface area contributed by atoms with Gasteiger partial charge in [-0.05, 0) is 99.7 Å². The Hall–Kier alpha value is -3.01. The van der Waals surface area contributed by atoms with E-state index in [2.05, 4.69) is 23.7 Å². The van der Waals surface area contributed by atoms with Crippen molar-refractivity contribution in [2.45, 2.75) is 81.6 Å². The number of aliphatic hydroxyl groups is 1. The number of phenols is 1. The molecule has 2 saturated carbocycles. The van der Waals surface area contributed by atoms with Gasteiger partial charge in [0.2, 0.25) is 0 Å². The zero-order valence-electron chi connectivity index (χ0n) is 22.5. The summed E-state index contributed by atoms with van der Waals surface area (Å²) < 4.78 is 6.61. The van der Waals surface area contributed by atoms with E-state index in [0.29, 0.717) is 18.6 Å². The second-order valence-electron chi connectivity index (χ2n) is 12.4. The number of likely N-dealkylation sites (tertiary alicyclic amines) is 1. The normalized spacial score (nSPS) is 32.6. The summed E-state index contributed by atoms with van der Waals surface area (Å²) in [6.07, 6.45) is 4.90. The number of carbonyl (C=O) groups is 1. The van der Waals surface area contributed by atoms with Crippen molar-refractivity contribution in [2.24, 2.45) is 5.92 Å². The number of aryl methyl sites for hydroxylation is 2. The molecule has 2 aromatic rings. The SMILES string of the molecule is Cc1ccc(C#CC(=O)N(C)[C@H]2CC[C@@]3(O)[C@H]4Cc5ccc(O)c6c5[C@@]3(CCN4CC3CC3)[C@H]2O6)cc1C. The van der Waals surface area contributed by atoms with Crippen molar-refractivity contribution in [3.63, 3.8) is 0 Å². The van der Waals surface area contributed by atoms with Crippen molar-refractivity contribution in [1.29, 1.82) is 0 Å². The van der Waals surface area contributed by atoms with Gasteiger partial charge in [0.05, 0.1) is 17.1 Å². The molecule has 7 rings (SSSR count). The molecule has 0 unspecified atom stereocenters. The highest BCUT2D eigenvalue weighted by atomic mass is 16.5. The summed E-state index contributed by atoms with van der Waals surface area (Å²) in [5, 5.41) is 23.4. The van der Waals surface area contributed by atoms with Crippen LogP contribution < -0.4 is 4.74 Å². The number of piperidine rings is 1. The topological polar surface area (TPSA) is 73.2 Å². The summed E-state index contributed by atoms with van der Waals surface area (Å²) in [5.41, 5.74) is 3.72. The van der Waals surface area contributed by atoms with E-state index in [9.17, 15) is 15.0 Å². The van der Waals surface area contributed by atoms with Crippen LogP contribution in [0.3, 0.4) is 0 Å². The smallest absolute Gasteiger partial charge is 0.298 e. The molecule has 6 heteroatoms. The van der Waals surface area contributed by atoms with Crippen LogP contribution >= 0.6 is 0 Å². The highest BCUT2D eigenvalue weighted by molar-refractivity contribution is 5.94. The third-order valence-corrected chi connectivity index (χ3v) is 10.4. The Kier molecular flexibility index (Phi) is 5.22. The third kappa shape index (κ3) is 3.25. The summed E-state index contributed by atoms with van der Waals surface area (Å²) in [6, 6.07) is 9.50. The van der Waals surface area contributed by atoms with Crippen LogP contribution in [0.1, 0.15) is 59.9 Å². The second-order valence-corrected chi connectivity index (χ2v) is 12.4. The van der Waals surface area contributed by atoms with Gasteiger partial charge in [-0.2, -0.15) is 0 Å². The largest absolute Gasteiger partial charge is 0.504 e. The van der Waals surface area contributed by atoms with Crippen molar-refractivity contribution in [3.05, 3.63) is 58.1 Å². The van der Waals surface area contributed by atoms with Crippen molar-refractivity contribution in [2.75, 3.05) is 20.1 Å². The van der Waals surface area contributed by atoms with Gasteiger partial charge < -0.3 is 19.8 Å². The van der Waals surface area contributed by atoms with E-state index in [1.165, 1.54) is 24.0 Å². The molecule has 2 aromatic carbocycles. The lowest BCUT2D eigenvalue weighted by Crippen LogP contribution is -2.78. The van der Waals surface area contributed by atoms with E-state index < -0.39 is 17.1 Å². The molecule has 2 N–H and O–H groups in total. The first-order chi connectivity index (χ1) is 18.2. The van der Waals surface area contributed by atoms with Crippen LogP contribution in [0.4, 0.5) is 0 Å². The molecule has 2 aliphatic heterocycles. The van der Waals surface area contributed by atoms with Gasteiger partial charge in [-0.15, -0.1) is 0 Å². The van der Waals surface area contributed by atoms with Crippen molar-refractivity contribution < 1.29 is 19.7 Å². The Labute approximate surface area is 224 Å². The number of aromatic hydroxyl groups is 1. The molecule has 1 amide bonds. The van der Waals surface area contributed by atoms with Gasteiger partial charge in [-0.3, -0.25) is 9.69 Å². The van der Waals surface area contributed by atoms with E-state index in [1.807, 2.05) is 31.2 Å². The molecule has 5 aliphatic rings. The minimum Gasteiger partial charge on any atom is -0.504 e. The van der Waals surface area contributed by atoms with E-state index >= 15 is 0 Å². The third-order valence-electron chi connectivity index (χ3n) is 10.4. The maximum absolute atomic E-state index is 13.4. The number of nitrogens with zero attached hydrogens (tertiary/aromatic N) is 2. The number of likely N-dealkylation sites (N-methyl/N-ethyl adjacent to an activating group) is 1. The first kappa shape index (κ1) is 24.1. The standard InChI is InChI=1S/C32H36N2O4/c1-19-4-5-21(16-20(19)2)8-11-27(36)33(3)24-12-13-32(37)26-17-23-9-10-25(35)29-28(23)31(32,30(24)38-29)14-15-34(26)18-22-6-7-22/h4-5,9-10,16,22,24,26,30,35,37H,6-7,12-15,17-18H2,1-3H3/t24-,26+,30-,31-,32+/m0/s1. The number of amides is 1. The highest BCUT2D eigenvalue weighted by Gasteiger charge is 2.73. The number of benzene rings is 2. The molecule has 38 heavy (non-hydrogen) atoms. The average Bonchev–Trinajstić information content (AvgIpc) is 3.64. The first-order valence-corrected chi connectivity index (χ1v) is 14.1. The molecule has 0 aromatic heterocycles. The zero-order valence-corrected chi connectivity index (χ0v) is 22.5. The van der Waals surface area contributed by atoms with Gasteiger partial charge in [0, 0.05) is 36.7 Å². The van der Waals surface area contributed by atoms with E-state index in [-0.39, 0.29) is 23.7 Å². The zero-order chi connectivity index (χ0) is 26.4. The lowest BCUT2D eigenvalue weighted by molar-refractivity contribution is -0.199. The Morgan fingerprint density at radius 3 is 2.74 bits per heavy atom. The fraction of sp³-hybridized carbons (Fsp3) is 0.531. The van der Waals surface area contributed by atoms with Gasteiger partial charge >= 0.3 is 0 Å². The average molecular weight is 513 g/mol. The minimum atomic E-state index is -0.956. The highest BCUT2D eigenvalue weighted by Crippen LogP contribution is 2.66. The molecule has 0 radical (unpaired) electrons. The van der Waals surface area contributed by atoms with E-state index in [1.54, 1.807) is 18.0 Å². The van der Waals surface area contributed by atoms with Crippen molar-refractivity contribution >= 4 is 5.91 Å². The van der Waals surface area contributed by atoms with Crippen LogP contribution in [0.15, 0.2) is 30.3 Å². The first-order valence-electron chi connectivity index (χ1n) is 14.1. The summed E-state index contributed by atoms with van der Waals surface area (Å²) in [4.78, 5) is 17.6. The summed E-state index contributed by atoms with van der Waals surface area (Å²) in [5.74, 6) is 7.02. The van der Waals surface area contributed by atoms with E-state index in [0.717, 1.165) is 48.5 Å². The van der Waals surface area contributed by atoms with Gasteiger partial charge in [0.1, 0.15) is 6.10 Å². The summed E-state index contributed by atoms with van der Waals surface area (Å²) in [7, 11) is 1.80. The summed E-state index contributed by atoms with van der Waals surface area (Å²) >= 11 is 0. The molecule has 3 aliphatic carbocycles. The lowest BCUT2D eigenvalue weighted by atomic mass is 9.48. The Morgan fingerprint density at radius 2 is 1.97 bits per heavy atom. The summed E-state index contributed by atoms with van der Waals surface area (Å²) in [6.45, 7) is 6.05. The Bertz CT molecular complexity index is 1400. The molecule has 1 saturated heterocycles. The minimum absolute atomic E-state index is 0.0254. The maximum atomic E-state index is 13.4. The quantitative estimate of drug-likeness (QED) is 0.617. The molecule has 2 bridgehead atoms.